The lowest BCUT2D eigenvalue weighted by Gasteiger charge is -2.20. The molecular weight excluding hydrogens is 485 g/mol. The van der Waals surface area contributed by atoms with E-state index in [4.69, 9.17) is 23.2 Å². The Bertz CT molecular complexity index is 888. The van der Waals surface area contributed by atoms with Crippen LogP contribution in [0.3, 0.4) is 0 Å². The van der Waals surface area contributed by atoms with Crippen LogP contribution in [0.4, 0.5) is 5.69 Å². The van der Waals surface area contributed by atoms with Gasteiger partial charge in [-0.25, -0.2) is 0 Å². The fourth-order valence-corrected chi connectivity index (χ4v) is 4.39. The lowest BCUT2D eigenvalue weighted by atomic mass is 9.88. The van der Waals surface area contributed by atoms with E-state index in [0.717, 1.165) is 4.47 Å². The van der Waals surface area contributed by atoms with Crippen molar-refractivity contribution in [1.82, 2.24) is 0 Å². The molecule has 124 valence electrons. The van der Waals surface area contributed by atoms with Gasteiger partial charge in [-0.15, -0.1) is 0 Å². The molecule has 8 heteroatoms. The second kappa shape index (κ2) is 6.42. The van der Waals surface area contributed by atoms with Crippen molar-refractivity contribution in [3.8, 4) is 0 Å². The molecule has 1 amide bonds. The summed E-state index contributed by atoms with van der Waals surface area (Å²) in [6.45, 7) is 0. The van der Waals surface area contributed by atoms with Gasteiger partial charge in [-0.2, -0.15) is 0 Å². The number of carbonyl (C=O) groups is 2. The summed E-state index contributed by atoms with van der Waals surface area (Å²) in [5.41, 5.74) is -1.18. The number of anilines is 1. The van der Waals surface area contributed by atoms with Gasteiger partial charge in [0.15, 0.2) is 11.4 Å². The Morgan fingerprint density at radius 3 is 2.58 bits per heavy atom. The van der Waals surface area contributed by atoms with E-state index in [1.807, 2.05) is 0 Å². The zero-order valence-electron chi connectivity index (χ0n) is 11.9. The standard InChI is InChI=1S/C16H9Br2Cl2NO3/c17-7-1-2-9(11(18)3-7)13(22)6-16(24)10-4-8(19)5-12(20)14(10)21-15(16)23/h1-5,24H,6H2,(H,21,23). The van der Waals surface area contributed by atoms with Gasteiger partial charge in [0.2, 0.25) is 0 Å². The number of amides is 1. The average Bonchev–Trinajstić information content (AvgIpc) is 2.72. The van der Waals surface area contributed by atoms with Gasteiger partial charge in [-0.05, 0) is 30.3 Å². The zero-order valence-corrected chi connectivity index (χ0v) is 16.6. The second-order valence-electron chi connectivity index (χ2n) is 5.35. The van der Waals surface area contributed by atoms with Crippen LogP contribution in [0.5, 0.6) is 0 Å². The lowest BCUT2D eigenvalue weighted by Crippen LogP contribution is -2.36. The SMILES string of the molecule is O=C(CC1(O)C(=O)Nc2c(Cl)cc(Cl)cc21)c1ccc(Br)cc1Br. The predicted octanol–water partition coefficient (Wildman–Crippen LogP) is 4.93. The number of carbonyl (C=O) groups excluding carboxylic acids is 2. The highest BCUT2D eigenvalue weighted by molar-refractivity contribution is 9.11. The van der Waals surface area contributed by atoms with Crippen LogP contribution in [0.15, 0.2) is 39.3 Å². The molecule has 1 unspecified atom stereocenters. The summed E-state index contributed by atoms with van der Waals surface area (Å²) in [6, 6.07) is 7.93. The maximum atomic E-state index is 12.6. The van der Waals surface area contributed by atoms with Crippen molar-refractivity contribution in [3.63, 3.8) is 0 Å². The van der Waals surface area contributed by atoms with Crippen molar-refractivity contribution in [3.05, 3.63) is 60.4 Å². The van der Waals surface area contributed by atoms with Crippen LogP contribution in [-0.2, 0) is 10.4 Å². The van der Waals surface area contributed by atoms with Crippen LogP contribution in [0.25, 0.3) is 0 Å². The number of hydrogen-bond donors (Lipinski definition) is 2. The van der Waals surface area contributed by atoms with E-state index in [9.17, 15) is 14.7 Å². The zero-order chi connectivity index (χ0) is 17.6. The van der Waals surface area contributed by atoms with Gasteiger partial charge in [-0.3, -0.25) is 9.59 Å². The Balaban J connectivity index is 2.01. The third kappa shape index (κ3) is 3.02. The molecule has 1 atom stereocenters. The minimum atomic E-state index is -2.02. The van der Waals surface area contributed by atoms with E-state index >= 15 is 0 Å². The first kappa shape index (κ1) is 17.9. The molecule has 24 heavy (non-hydrogen) atoms. The highest BCUT2D eigenvalue weighted by Gasteiger charge is 2.48. The number of hydrogen-bond acceptors (Lipinski definition) is 3. The molecule has 3 rings (SSSR count). The van der Waals surface area contributed by atoms with Gasteiger partial charge in [0.25, 0.3) is 5.91 Å². The highest BCUT2D eigenvalue weighted by atomic mass is 79.9. The van der Waals surface area contributed by atoms with Crippen molar-refractivity contribution in [2.75, 3.05) is 5.32 Å². The Morgan fingerprint density at radius 1 is 1.21 bits per heavy atom. The topological polar surface area (TPSA) is 66.4 Å². The molecule has 1 heterocycles. The van der Waals surface area contributed by atoms with Gasteiger partial charge < -0.3 is 10.4 Å². The molecule has 0 aromatic heterocycles. The van der Waals surface area contributed by atoms with Crippen LogP contribution in [0, 0.1) is 0 Å². The predicted molar refractivity (Wildman–Crippen MR) is 99.8 cm³/mol. The highest BCUT2D eigenvalue weighted by Crippen LogP contribution is 2.44. The minimum absolute atomic E-state index is 0.201. The summed E-state index contributed by atoms with van der Waals surface area (Å²) < 4.78 is 1.36. The van der Waals surface area contributed by atoms with Crippen LogP contribution in [0.1, 0.15) is 22.3 Å². The summed E-state index contributed by atoms with van der Waals surface area (Å²) in [4.78, 5) is 24.9. The van der Waals surface area contributed by atoms with Crippen molar-refractivity contribution < 1.29 is 14.7 Å². The van der Waals surface area contributed by atoms with E-state index in [2.05, 4.69) is 37.2 Å². The number of nitrogens with one attached hydrogen (secondary N) is 1. The molecule has 0 bridgehead atoms. The van der Waals surface area contributed by atoms with Crippen molar-refractivity contribution >= 4 is 72.4 Å². The van der Waals surface area contributed by atoms with Crippen LogP contribution in [-0.4, -0.2) is 16.8 Å². The Hall–Kier alpha value is -0.920. The number of aliphatic hydroxyl groups is 1. The smallest absolute Gasteiger partial charge is 0.261 e. The maximum absolute atomic E-state index is 12.6. The first-order valence-electron chi connectivity index (χ1n) is 6.74. The van der Waals surface area contributed by atoms with Gasteiger partial charge in [-0.1, -0.05) is 55.1 Å². The Morgan fingerprint density at radius 2 is 1.92 bits per heavy atom. The summed E-state index contributed by atoms with van der Waals surface area (Å²) in [7, 11) is 0. The molecule has 0 spiro atoms. The molecule has 0 radical (unpaired) electrons. The van der Waals surface area contributed by atoms with Crippen LogP contribution in [0.2, 0.25) is 10.0 Å². The van der Waals surface area contributed by atoms with E-state index in [1.54, 1.807) is 18.2 Å². The van der Waals surface area contributed by atoms with Gasteiger partial charge in [0.05, 0.1) is 17.1 Å². The molecular formula is C16H9Br2Cl2NO3. The minimum Gasteiger partial charge on any atom is -0.375 e. The van der Waals surface area contributed by atoms with Crippen LogP contribution < -0.4 is 5.32 Å². The Kier molecular flexibility index (Phi) is 4.79. The molecule has 1 aliphatic rings. The number of halogens is 4. The fraction of sp³-hybridized carbons (Fsp3) is 0.125. The number of rotatable bonds is 3. The van der Waals surface area contributed by atoms with Crippen LogP contribution >= 0.6 is 55.1 Å². The molecule has 1 aliphatic heterocycles. The van der Waals surface area contributed by atoms with Gasteiger partial charge >= 0.3 is 0 Å². The molecule has 4 nitrogen and oxygen atoms in total. The van der Waals surface area contributed by atoms with Crippen molar-refractivity contribution in [2.24, 2.45) is 0 Å². The third-order valence-corrected chi connectivity index (χ3v) is 5.43. The summed E-state index contributed by atoms with van der Waals surface area (Å²) in [5, 5.41) is 13.9. The molecule has 0 fully saturated rings. The van der Waals surface area contributed by atoms with Gasteiger partial charge in [0.1, 0.15) is 0 Å². The summed E-state index contributed by atoms with van der Waals surface area (Å²) in [6.07, 6.45) is -0.428. The fourth-order valence-electron chi connectivity index (χ4n) is 2.58. The summed E-state index contributed by atoms with van der Waals surface area (Å²) in [5.74, 6) is -1.10. The van der Waals surface area contributed by atoms with Crippen molar-refractivity contribution in [2.45, 2.75) is 12.0 Å². The molecule has 0 saturated carbocycles. The first-order chi connectivity index (χ1) is 11.2. The molecule has 2 aromatic carbocycles. The molecule has 2 aromatic rings. The summed E-state index contributed by atoms with van der Waals surface area (Å²) >= 11 is 18.6. The number of ketones is 1. The van der Waals surface area contributed by atoms with Gasteiger partial charge in [0, 0.05) is 25.1 Å². The number of benzene rings is 2. The van der Waals surface area contributed by atoms with E-state index in [0.29, 0.717) is 10.0 Å². The first-order valence-corrected chi connectivity index (χ1v) is 9.08. The number of fused-ring (bicyclic) bond motifs is 1. The molecule has 0 aliphatic carbocycles. The largest absolute Gasteiger partial charge is 0.375 e. The molecule has 2 N–H and O–H groups in total. The Labute approximate surface area is 164 Å². The van der Waals surface area contributed by atoms with Crippen molar-refractivity contribution in [1.29, 1.82) is 0 Å². The normalized spacial score (nSPS) is 19.1. The number of Topliss-reactive ketones (excluding diaryl/α,β-unsaturated/α-hetero) is 1. The quantitative estimate of drug-likeness (QED) is 0.596. The third-order valence-electron chi connectivity index (χ3n) is 3.76. The van der Waals surface area contributed by atoms with E-state index in [-0.39, 0.29) is 21.3 Å². The molecule has 0 saturated heterocycles. The lowest BCUT2D eigenvalue weighted by molar-refractivity contribution is -0.133. The monoisotopic (exact) mass is 491 g/mol. The average molecular weight is 494 g/mol. The maximum Gasteiger partial charge on any atom is 0.261 e. The second-order valence-corrected chi connectivity index (χ2v) is 7.96. The van der Waals surface area contributed by atoms with E-state index < -0.39 is 23.7 Å². The van der Waals surface area contributed by atoms with E-state index in [1.165, 1.54) is 12.1 Å².